The highest BCUT2D eigenvalue weighted by molar-refractivity contribution is 5.80. The van der Waals surface area contributed by atoms with E-state index in [-0.39, 0.29) is 5.78 Å². The van der Waals surface area contributed by atoms with Crippen LogP contribution in [0.15, 0.2) is 5.29 Å². The van der Waals surface area contributed by atoms with Crippen LogP contribution in [-0.2, 0) is 4.79 Å². The second-order valence-electron chi connectivity index (χ2n) is 3.71. The predicted octanol–water partition coefficient (Wildman–Crippen LogP) is 1.99. The Kier molecular flexibility index (Phi) is 5.26. The summed E-state index contributed by atoms with van der Waals surface area (Å²) in [5.74, 6) is 0.492. The van der Waals surface area contributed by atoms with Crippen molar-refractivity contribution < 1.29 is 4.79 Å². The van der Waals surface area contributed by atoms with Crippen molar-refractivity contribution in [2.75, 3.05) is 6.54 Å². The Morgan fingerprint density at radius 2 is 1.92 bits per heavy atom. The molecule has 0 N–H and O–H groups in total. The molecule has 0 aromatic rings. The van der Waals surface area contributed by atoms with Gasteiger partial charge in [0.15, 0.2) is 5.78 Å². The van der Waals surface area contributed by atoms with Crippen molar-refractivity contribution in [1.29, 1.82) is 0 Å². The molecular weight excluding hydrogens is 168 g/mol. The van der Waals surface area contributed by atoms with Crippen LogP contribution in [0, 0.1) is 10.8 Å². The lowest BCUT2D eigenvalue weighted by atomic mass is 10.1. The first kappa shape index (κ1) is 12.1. The summed E-state index contributed by atoms with van der Waals surface area (Å²) >= 11 is 0. The lowest BCUT2D eigenvalue weighted by Crippen LogP contribution is -2.34. The van der Waals surface area contributed by atoms with Gasteiger partial charge in [-0.2, -0.15) is 0 Å². The Morgan fingerprint density at radius 1 is 1.38 bits per heavy atom. The fourth-order valence-electron chi connectivity index (χ4n) is 0.906. The van der Waals surface area contributed by atoms with E-state index in [4.69, 9.17) is 0 Å². The lowest BCUT2D eigenvalue weighted by Gasteiger charge is -2.21. The van der Waals surface area contributed by atoms with Gasteiger partial charge in [-0.05, 0) is 26.2 Å². The summed E-state index contributed by atoms with van der Waals surface area (Å²) in [6, 6.07) is -0.392. The third-order valence-electron chi connectivity index (χ3n) is 2.08. The summed E-state index contributed by atoms with van der Waals surface area (Å²) in [6.07, 6.45) is 0.878. The molecule has 0 aliphatic heterocycles. The zero-order valence-electron chi connectivity index (χ0n) is 8.78. The third-order valence-corrected chi connectivity index (χ3v) is 2.08. The van der Waals surface area contributed by atoms with Crippen LogP contribution in [0.5, 0.6) is 0 Å². The number of nitroso groups, excluding NO2 is 1. The van der Waals surface area contributed by atoms with Crippen molar-refractivity contribution in [3.63, 3.8) is 0 Å². The Hall–Kier alpha value is -0.930. The fourth-order valence-corrected chi connectivity index (χ4v) is 0.906. The Labute approximate surface area is 79.2 Å². The molecule has 4 nitrogen and oxygen atoms in total. The Bertz CT molecular complexity index is 180. The molecule has 76 valence electrons. The molecule has 0 saturated heterocycles. The van der Waals surface area contributed by atoms with Crippen LogP contribution < -0.4 is 0 Å². The fraction of sp³-hybridized carbons (Fsp3) is 0.889. The number of hydrogen-bond donors (Lipinski definition) is 0. The van der Waals surface area contributed by atoms with Crippen LogP contribution in [0.3, 0.4) is 0 Å². The average Bonchev–Trinajstić information content (AvgIpc) is 2.04. The number of ketones is 1. The molecular formula is C9H18N2O2. The molecule has 13 heavy (non-hydrogen) atoms. The number of carbonyl (C=O) groups excluding carboxylic acids is 1. The van der Waals surface area contributed by atoms with Gasteiger partial charge >= 0.3 is 0 Å². The number of Topliss-reactive ketones (excluding diaryl/α,β-unsaturated/α-hetero) is 1. The summed E-state index contributed by atoms with van der Waals surface area (Å²) in [4.78, 5) is 21.3. The highest BCUT2D eigenvalue weighted by Crippen LogP contribution is 2.06. The molecule has 0 heterocycles. The molecule has 0 spiro atoms. The van der Waals surface area contributed by atoms with Crippen LogP contribution in [0.1, 0.15) is 34.1 Å². The zero-order chi connectivity index (χ0) is 10.4. The molecule has 1 unspecified atom stereocenters. The van der Waals surface area contributed by atoms with E-state index < -0.39 is 6.04 Å². The first-order valence-electron chi connectivity index (χ1n) is 4.59. The van der Waals surface area contributed by atoms with Gasteiger partial charge in [0, 0.05) is 6.54 Å². The van der Waals surface area contributed by atoms with Crippen LogP contribution in [0.2, 0.25) is 0 Å². The van der Waals surface area contributed by atoms with E-state index in [2.05, 4.69) is 19.1 Å². The van der Waals surface area contributed by atoms with Crippen molar-refractivity contribution >= 4 is 5.78 Å². The minimum atomic E-state index is -0.392. The monoisotopic (exact) mass is 186 g/mol. The second kappa shape index (κ2) is 5.67. The quantitative estimate of drug-likeness (QED) is 0.471. The molecule has 1 atom stereocenters. The van der Waals surface area contributed by atoms with E-state index in [0.717, 1.165) is 6.42 Å². The summed E-state index contributed by atoms with van der Waals surface area (Å²) in [6.45, 7) is 7.87. The van der Waals surface area contributed by atoms with E-state index in [1.807, 2.05) is 0 Å². The maximum Gasteiger partial charge on any atom is 0.153 e. The van der Waals surface area contributed by atoms with Crippen molar-refractivity contribution in [3.8, 4) is 0 Å². The summed E-state index contributed by atoms with van der Waals surface area (Å²) in [7, 11) is 0. The molecule has 0 aromatic carbocycles. The van der Waals surface area contributed by atoms with Crippen molar-refractivity contribution in [2.24, 2.45) is 11.2 Å². The number of rotatable bonds is 6. The molecule has 4 heteroatoms. The number of carbonyl (C=O) groups is 1. The summed E-state index contributed by atoms with van der Waals surface area (Å²) in [5, 5.41) is 4.15. The maximum atomic E-state index is 10.9. The van der Waals surface area contributed by atoms with Gasteiger partial charge in [-0.3, -0.25) is 9.80 Å². The van der Waals surface area contributed by atoms with E-state index in [9.17, 15) is 9.70 Å². The zero-order valence-corrected chi connectivity index (χ0v) is 8.78. The Balaban J connectivity index is 4.02. The predicted molar refractivity (Wildman–Crippen MR) is 52.1 cm³/mol. The van der Waals surface area contributed by atoms with Gasteiger partial charge < -0.3 is 0 Å². The van der Waals surface area contributed by atoms with Gasteiger partial charge in [0.2, 0.25) is 0 Å². The van der Waals surface area contributed by atoms with Gasteiger partial charge in [-0.15, -0.1) is 4.91 Å². The van der Waals surface area contributed by atoms with Gasteiger partial charge in [0.25, 0.3) is 0 Å². The van der Waals surface area contributed by atoms with Crippen molar-refractivity contribution in [3.05, 3.63) is 4.91 Å². The molecule has 0 aromatic heterocycles. The molecule has 0 amide bonds. The average molecular weight is 186 g/mol. The van der Waals surface area contributed by atoms with E-state index in [1.54, 1.807) is 6.92 Å². The highest BCUT2D eigenvalue weighted by atomic mass is 16.3. The van der Waals surface area contributed by atoms with E-state index in [0.29, 0.717) is 12.5 Å². The van der Waals surface area contributed by atoms with Gasteiger partial charge in [-0.1, -0.05) is 13.8 Å². The minimum Gasteiger partial charge on any atom is -0.298 e. The molecule has 0 aliphatic rings. The summed E-state index contributed by atoms with van der Waals surface area (Å²) < 4.78 is 0. The van der Waals surface area contributed by atoms with Crippen LogP contribution in [0.25, 0.3) is 0 Å². The topological polar surface area (TPSA) is 49.7 Å². The molecule has 0 aliphatic carbocycles. The minimum absolute atomic E-state index is 0.0247. The first-order valence-corrected chi connectivity index (χ1v) is 4.59. The molecule has 0 radical (unpaired) electrons. The van der Waals surface area contributed by atoms with Gasteiger partial charge in [0.05, 0.1) is 5.29 Å². The van der Waals surface area contributed by atoms with Crippen LogP contribution in [0.4, 0.5) is 0 Å². The molecule has 0 bridgehead atoms. The first-order chi connectivity index (χ1) is 5.99. The SMILES string of the molecule is CC(=O)C(C)N(CCC(C)C)N=O. The number of hydrogen-bond acceptors (Lipinski definition) is 3. The number of nitrogens with zero attached hydrogens (tertiary/aromatic N) is 2. The second-order valence-corrected chi connectivity index (χ2v) is 3.71. The third kappa shape index (κ3) is 4.60. The molecule has 0 rings (SSSR count). The van der Waals surface area contributed by atoms with Gasteiger partial charge in [0.1, 0.15) is 6.04 Å². The standard InChI is InChI=1S/C9H18N2O2/c1-7(2)5-6-11(10-13)8(3)9(4)12/h7-8H,5-6H2,1-4H3. The molecule has 0 fully saturated rings. The van der Waals surface area contributed by atoms with Crippen molar-refractivity contribution in [2.45, 2.75) is 40.2 Å². The van der Waals surface area contributed by atoms with Crippen LogP contribution >= 0.6 is 0 Å². The normalized spacial score (nSPS) is 12.7. The highest BCUT2D eigenvalue weighted by Gasteiger charge is 2.17. The maximum absolute atomic E-state index is 10.9. The molecule has 0 saturated carbocycles. The Morgan fingerprint density at radius 3 is 2.23 bits per heavy atom. The smallest absolute Gasteiger partial charge is 0.153 e. The van der Waals surface area contributed by atoms with Crippen molar-refractivity contribution in [1.82, 2.24) is 5.01 Å². The van der Waals surface area contributed by atoms with Gasteiger partial charge in [-0.25, -0.2) is 0 Å². The summed E-state index contributed by atoms with van der Waals surface area (Å²) in [5.41, 5.74) is 0. The lowest BCUT2D eigenvalue weighted by molar-refractivity contribution is -0.121. The van der Waals surface area contributed by atoms with E-state index >= 15 is 0 Å². The van der Waals surface area contributed by atoms with E-state index in [1.165, 1.54) is 11.9 Å². The van der Waals surface area contributed by atoms with Crippen LogP contribution in [-0.4, -0.2) is 23.4 Å². The largest absolute Gasteiger partial charge is 0.298 e.